The van der Waals surface area contributed by atoms with E-state index in [0.29, 0.717) is 12.5 Å². The Balaban J connectivity index is 1.35. The molecule has 6 nitrogen and oxygen atoms in total. The van der Waals surface area contributed by atoms with Gasteiger partial charge in [-0.25, -0.2) is 0 Å². The van der Waals surface area contributed by atoms with Gasteiger partial charge in [0, 0.05) is 61.7 Å². The third-order valence-corrected chi connectivity index (χ3v) is 5.90. The fraction of sp³-hybridized carbons (Fsp3) is 0.435. The topological polar surface area (TPSA) is 73.2 Å². The first-order valence-corrected chi connectivity index (χ1v) is 10.5. The third-order valence-electron chi connectivity index (χ3n) is 5.90. The van der Waals surface area contributed by atoms with Gasteiger partial charge < -0.3 is 24.9 Å². The van der Waals surface area contributed by atoms with Crippen molar-refractivity contribution in [2.24, 2.45) is 0 Å². The van der Waals surface area contributed by atoms with Gasteiger partial charge in [-0.1, -0.05) is 18.2 Å². The summed E-state index contributed by atoms with van der Waals surface area (Å²) in [5.74, 6) is 0.375. The van der Waals surface area contributed by atoms with E-state index in [1.807, 2.05) is 30.6 Å². The van der Waals surface area contributed by atoms with Crippen LogP contribution in [0.2, 0.25) is 0 Å². The summed E-state index contributed by atoms with van der Waals surface area (Å²) in [5, 5.41) is 4.33. The van der Waals surface area contributed by atoms with Crippen molar-refractivity contribution in [1.82, 2.24) is 20.2 Å². The van der Waals surface area contributed by atoms with E-state index in [-0.39, 0.29) is 5.91 Å². The molecular weight excluding hydrogens is 364 g/mol. The van der Waals surface area contributed by atoms with Crippen LogP contribution < -0.4 is 5.32 Å². The van der Waals surface area contributed by atoms with Crippen molar-refractivity contribution in [3.05, 3.63) is 59.5 Å². The molecule has 2 aromatic heterocycles. The standard InChI is InChI=1S/C23H30N4O2/c1-29-14-13-27-12-4-5-18(16-27)22-20(9-11-24-22)23(28)25-10-8-17-15-26-21-7-3-2-6-19(17)21/h2-3,6-7,9,11,15,18,24,26H,4-5,8,10,12-14,16H2,1H3,(H,25,28). The van der Waals surface area contributed by atoms with Crippen molar-refractivity contribution in [2.75, 3.05) is 39.9 Å². The summed E-state index contributed by atoms with van der Waals surface area (Å²) in [7, 11) is 1.74. The molecule has 0 aliphatic carbocycles. The van der Waals surface area contributed by atoms with Gasteiger partial charge in [0.15, 0.2) is 0 Å². The second-order valence-corrected chi connectivity index (χ2v) is 7.80. The molecule has 6 heteroatoms. The lowest BCUT2D eigenvalue weighted by molar-refractivity contribution is 0.0950. The summed E-state index contributed by atoms with van der Waals surface area (Å²) in [6.07, 6.45) is 6.99. The van der Waals surface area contributed by atoms with Crippen LogP contribution in [0.5, 0.6) is 0 Å². The zero-order chi connectivity index (χ0) is 20.1. The Bertz CT molecular complexity index is 945. The summed E-state index contributed by atoms with van der Waals surface area (Å²) in [6, 6.07) is 10.2. The molecule has 0 bridgehead atoms. The van der Waals surface area contributed by atoms with E-state index in [1.54, 1.807) is 7.11 Å². The number of para-hydroxylation sites is 1. The maximum absolute atomic E-state index is 12.8. The van der Waals surface area contributed by atoms with Crippen LogP contribution in [0.3, 0.4) is 0 Å². The summed E-state index contributed by atoms with van der Waals surface area (Å²) >= 11 is 0. The quantitative estimate of drug-likeness (QED) is 0.549. The summed E-state index contributed by atoms with van der Waals surface area (Å²) in [6.45, 7) is 4.39. The number of fused-ring (bicyclic) bond motifs is 1. The Morgan fingerprint density at radius 1 is 1.28 bits per heavy atom. The first-order valence-electron chi connectivity index (χ1n) is 10.5. The van der Waals surface area contributed by atoms with Crippen LogP contribution in [0.1, 0.15) is 40.4 Å². The molecule has 0 saturated carbocycles. The van der Waals surface area contributed by atoms with E-state index in [4.69, 9.17) is 4.74 Å². The minimum Gasteiger partial charge on any atom is -0.383 e. The summed E-state index contributed by atoms with van der Waals surface area (Å²) in [4.78, 5) is 21.9. The second kappa shape index (κ2) is 9.29. The van der Waals surface area contributed by atoms with Gasteiger partial charge >= 0.3 is 0 Å². The molecule has 4 rings (SSSR count). The van der Waals surface area contributed by atoms with Crippen molar-refractivity contribution in [3.8, 4) is 0 Å². The molecule has 1 fully saturated rings. The number of H-pyrrole nitrogens is 2. The molecule has 154 valence electrons. The first-order chi connectivity index (χ1) is 14.3. The number of rotatable bonds is 8. The van der Waals surface area contributed by atoms with Gasteiger partial charge in [0.2, 0.25) is 0 Å². The first kappa shape index (κ1) is 19.7. The number of piperidine rings is 1. The average molecular weight is 395 g/mol. The minimum atomic E-state index is 0.00936. The number of carbonyl (C=O) groups excluding carboxylic acids is 1. The van der Waals surface area contributed by atoms with Crippen LogP contribution in [0.4, 0.5) is 0 Å². The molecule has 1 aromatic carbocycles. The van der Waals surface area contributed by atoms with E-state index in [1.165, 1.54) is 10.9 Å². The van der Waals surface area contributed by atoms with Crippen molar-refractivity contribution < 1.29 is 9.53 Å². The van der Waals surface area contributed by atoms with Crippen LogP contribution in [0, 0.1) is 0 Å². The fourth-order valence-corrected chi connectivity index (χ4v) is 4.38. The second-order valence-electron chi connectivity index (χ2n) is 7.80. The molecule has 29 heavy (non-hydrogen) atoms. The molecule has 3 aromatic rings. The van der Waals surface area contributed by atoms with Crippen molar-refractivity contribution in [3.63, 3.8) is 0 Å². The highest BCUT2D eigenvalue weighted by Crippen LogP contribution is 2.28. The number of ether oxygens (including phenoxy) is 1. The zero-order valence-corrected chi connectivity index (χ0v) is 17.0. The number of aromatic nitrogens is 2. The number of likely N-dealkylation sites (tertiary alicyclic amines) is 1. The number of nitrogens with one attached hydrogen (secondary N) is 3. The maximum atomic E-state index is 12.8. The van der Waals surface area contributed by atoms with Gasteiger partial charge in [0.05, 0.1) is 12.2 Å². The molecule has 3 N–H and O–H groups in total. The predicted molar refractivity (Wildman–Crippen MR) is 115 cm³/mol. The lowest BCUT2D eigenvalue weighted by atomic mass is 9.92. The number of nitrogens with zero attached hydrogens (tertiary/aromatic N) is 1. The highest BCUT2D eigenvalue weighted by atomic mass is 16.5. The molecule has 0 radical (unpaired) electrons. The van der Waals surface area contributed by atoms with Gasteiger partial charge in [-0.3, -0.25) is 4.79 Å². The number of methoxy groups -OCH3 is 1. The van der Waals surface area contributed by atoms with E-state index < -0.39 is 0 Å². The van der Waals surface area contributed by atoms with Gasteiger partial charge in [-0.2, -0.15) is 0 Å². The molecule has 1 aliphatic heterocycles. The zero-order valence-electron chi connectivity index (χ0n) is 17.0. The molecule has 1 aliphatic rings. The van der Waals surface area contributed by atoms with E-state index in [2.05, 4.69) is 32.3 Å². The lowest BCUT2D eigenvalue weighted by Gasteiger charge is -2.32. The van der Waals surface area contributed by atoms with Gasteiger partial charge in [-0.15, -0.1) is 0 Å². The molecular formula is C23H30N4O2. The van der Waals surface area contributed by atoms with Crippen LogP contribution in [-0.2, 0) is 11.2 Å². The van der Waals surface area contributed by atoms with Gasteiger partial charge in [0.1, 0.15) is 0 Å². The normalized spacial score (nSPS) is 17.6. The fourth-order valence-electron chi connectivity index (χ4n) is 4.38. The summed E-state index contributed by atoms with van der Waals surface area (Å²) < 4.78 is 5.22. The average Bonchev–Trinajstić information content (AvgIpc) is 3.40. The molecule has 0 spiro atoms. The highest BCUT2D eigenvalue weighted by molar-refractivity contribution is 5.95. The molecule has 1 amide bonds. The predicted octanol–water partition coefficient (Wildman–Crippen LogP) is 3.29. The molecule has 1 atom stereocenters. The third kappa shape index (κ3) is 4.54. The smallest absolute Gasteiger partial charge is 0.253 e. The van der Waals surface area contributed by atoms with Crippen LogP contribution >= 0.6 is 0 Å². The Hall–Kier alpha value is -2.57. The van der Waals surface area contributed by atoms with Gasteiger partial charge in [-0.05, 0) is 43.5 Å². The molecule has 1 unspecified atom stereocenters. The maximum Gasteiger partial charge on any atom is 0.253 e. The lowest BCUT2D eigenvalue weighted by Crippen LogP contribution is -2.37. The van der Waals surface area contributed by atoms with Crippen LogP contribution in [-0.4, -0.2) is 60.7 Å². The summed E-state index contributed by atoms with van der Waals surface area (Å²) in [5.41, 5.74) is 4.22. The monoisotopic (exact) mass is 394 g/mol. The Morgan fingerprint density at radius 2 is 2.17 bits per heavy atom. The Labute approximate surface area is 171 Å². The molecule has 3 heterocycles. The van der Waals surface area contributed by atoms with Crippen LogP contribution in [0.25, 0.3) is 10.9 Å². The van der Waals surface area contributed by atoms with Crippen molar-refractivity contribution in [1.29, 1.82) is 0 Å². The number of carbonyl (C=O) groups is 1. The van der Waals surface area contributed by atoms with E-state index in [0.717, 1.165) is 62.3 Å². The number of hydrogen-bond donors (Lipinski definition) is 3. The largest absolute Gasteiger partial charge is 0.383 e. The van der Waals surface area contributed by atoms with E-state index in [9.17, 15) is 4.79 Å². The Morgan fingerprint density at radius 3 is 3.07 bits per heavy atom. The van der Waals surface area contributed by atoms with E-state index >= 15 is 0 Å². The highest BCUT2D eigenvalue weighted by Gasteiger charge is 2.25. The van der Waals surface area contributed by atoms with Crippen molar-refractivity contribution in [2.45, 2.75) is 25.2 Å². The minimum absolute atomic E-state index is 0.00936. The van der Waals surface area contributed by atoms with Crippen LogP contribution in [0.15, 0.2) is 42.7 Å². The Kier molecular flexibility index (Phi) is 6.32. The number of benzene rings is 1. The number of aromatic amines is 2. The SMILES string of the molecule is COCCN1CCCC(c2[nH]ccc2C(=O)NCCc2c[nH]c3ccccc23)C1. The van der Waals surface area contributed by atoms with Gasteiger partial charge in [0.25, 0.3) is 5.91 Å². The number of amides is 1. The number of hydrogen-bond acceptors (Lipinski definition) is 3. The molecule has 1 saturated heterocycles. The van der Waals surface area contributed by atoms with Crippen molar-refractivity contribution >= 4 is 16.8 Å².